The van der Waals surface area contributed by atoms with Gasteiger partial charge in [-0.15, -0.1) is 5.10 Å². The van der Waals surface area contributed by atoms with E-state index in [2.05, 4.69) is 20.0 Å². The maximum Gasteiger partial charge on any atom is 0.416 e. The molecule has 10 nitrogen and oxygen atoms in total. The van der Waals surface area contributed by atoms with Crippen molar-refractivity contribution in [3.8, 4) is 11.4 Å². The maximum atomic E-state index is 13.6. The third-order valence-electron chi connectivity index (χ3n) is 4.96. The molecule has 0 fully saturated rings. The number of nitrogens with zero attached hydrogens (tertiary/aromatic N) is 5. The average Bonchev–Trinajstić information content (AvgIpc) is 3.09. The lowest BCUT2D eigenvalue weighted by molar-refractivity contribution is -0.138. The zero-order chi connectivity index (χ0) is 25.4. The lowest BCUT2D eigenvalue weighted by atomic mass is 9.99. The number of aromatic nitrogens is 4. The van der Waals surface area contributed by atoms with Crippen LogP contribution in [0.2, 0.25) is 0 Å². The van der Waals surface area contributed by atoms with Crippen LogP contribution in [0.3, 0.4) is 0 Å². The van der Waals surface area contributed by atoms with Crippen molar-refractivity contribution in [2.24, 2.45) is 7.05 Å². The summed E-state index contributed by atoms with van der Waals surface area (Å²) in [4.78, 5) is 17.3. The van der Waals surface area contributed by atoms with Crippen LogP contribution in [0, 0.1) is 6.92 Å². The number of pyridine rings is 1. The topological polar surface area (TPSA) is 130 Å². The van der Waals surface area contributed by atoms with E-state index in [0.29, 0.717) is 0 Å². The van der Waals surface area contributed by atoms with E-state index < -0.39 is 33.9 Å². The third kappa shape index (κ3) is 5.11. The molecule has 182 valence electrons. The first-order chi connectivity index (χ1) is 15.7. The zero-order valence-corrected chi connectivity index (χ0v) is 19.3. The van der Waals surface area contributed by atoms with Gasteiger partial charge in [-0.3, -0.25) is 9.62 Å². The minimum absolute atomic E-state index is 0.00440. The van der Waals surface area contributed by atoms with Gasteiger partial charge in [0.25, 0.3) is 0 Å². The highest BCUT2D eigenvalue weighted by Crippen LogP contribution is 2.39. The fourth-order valence-corrected chi connectivity index (χ4v) is 4.10. The van der Waals surface area contributed by atoms with Crippen LogP contribution in [-0.4, -0.2) is 45.9 Å². The molecular weight excluding hydrogens is 477 g/mol. The van der Waals surface area contributed by atoms with Gasteiger partial charge in [0.1, 0.15) is 0 Å². The Labute approximate surface area is 193 Å². The van der Waals surface area contributed by atoms with Gasteiger partial charge in [-0.25, -0.2) is 22.9 Å². The van der Waals surface area contributed by atoms with Crippen molar-refractivity contribution in [3.05, 3.63) is 53.2 Å². The summed E-state index contributed by atoms with van der Waals surface area (Å²) in [6.45, 7) is 2.86. The van der Waals surface area contributed by atoms with Crippen LogP contribution in [-0.2, 0) is 23.2 Å². The van der Waals surface area contributed by atoms with Crippen LogP contribution >= 0.6 is 0 Å². The van der Waals surface area contributed by atoms with E-state index in [-0.39, 0.29) is 34.2 Å². The monoisotopic (exact) mass is 498 g/mol. The van der Waals surface area contributed by atoms with Crippen LogP contribution < -0.4 is 9.62 Å². The predicted octanol–water partition coefficient (Wildman–Crippen LogP) is 3.82. The van der Waals surface area contributed by atoms with Crippen molar-refractivity contribution in [1.29, 1.82) is 0 Å². The Balaban J connectivity index is 2.13. The highest BCUT2D eigenvalue weighted by Gasteiger charge is 2.38. The SMILES string of the molecule is Cc1nc(-c2nnn(C)c2N(C(=O)O)[C@H](C)c2ccccc2C(F)(F)F)ccc1NS(C)(=O)=O. The molecule has 0 saturated carbocycles. The molecule has 3 rings (SSSR count). The van der Waals surface area contributed by atoms with Crippen molar-refractivity contribution in [3.63, 3.8) is 0 Å². The van der Waals surface area contributed by atoms with Crippen LogP contribution in [0.5, 0.6) is 0 Å². The van der Waals surface area contributed by atoms with Crippen molar-refractivity contribution in [1.82, 2.24) is 20.0 Å². The predicted molar refractivity (Wildman–Crippen MR) is 118 cm³/mol. The molecule has 0 unspecified atom stereocenters. The van der Waals surface area contributed by atoms with E-state index >= 15 is 0 Å². The van der Waals surface area contributed by atoms with Crippen LogP contribution in [0.15, 0.2) is 36.4 Å². The molecule has 0 spiro atoms. The Morgan fingerprint density at radius 3 is 2.41 bits per heavy atom. The molecule has 3 aromatic rings. The summed E-state index contributed by atoms with van der Waals surface area (Å²) in [5.74, 6) is -0.104. The van der Waals surface area contributed by atoms with Gasteiger partial charge in [0.2, 0.25) is 10.0 Å². The number of alkyl halides is 3. The van der Waals surface area contributed by atoms with E-state index in [1.54, 1.807) is 0 Å². The molecule has 0 saturated heterocycles. The molecule has 1 atom stereocenters. The third-order valence-corrected chi connectivity index (χ3v) is 5.55. The first kappa shape index (κ1) is 25.0. The van der Waals surface area contributed by atoms with Crippen molar-refractivity contribution in [2.75, 3.05) is 15.9 Å². The minimum atomic E-state index is -4.69. The quantitative estimate of drug-likeness (QED) is 0.528. The number of nitrogens with one attached hydrogen (secondary N) is 1. The number of benzene rings is 1. The van der Waals surface area contributed by atoms with Gasteiger partial charge in [0.15, 0.2) is 11.5 Å². The van der Waals surface area contributed by atoms with E-state index in [1.165, 1.54) is 51.2 Å². The van der Waals surface area contributed by atoms with Gasteiger partial charge < -0.3 is 5.11 Å². The Morgan fingerprint density at radius 2 is 1.85 bits per heavy atom. The van der Waals surface area contributed by atoms with Gasteiger partial charge in [-0.2, -0.15) is 13.2 Å². The second kappa shape index (κ2) is 8.93. The molecule has 1 amide bonds. The number of amides is 1. The summed E-state index contributed by atoms with van der Waals surface area (Å²) in [6.07, 6.45) is -5.24. The highest BCUT2D eigenvalue weighted by atomic mass is 32.2. The number of hydrogen-bond acceptors (Lipinski definition) is 6. The number of halogens is 3. The molecule has 0 aliphatic heterocycles. The number of anilines is 2. The molecule has 0 aliphatic rings. The molecule has 0 radical (unpaired) electrons. The number of carbonyl (C=O) groups is 1. The number of carboxylic acid groups (broad SMARTS) is 1. The normalized spacial score (nSPS) is 12.9. The highest BCUT2D eigenvalue weighted by molar-refractivity contribution is 7.92. The minimum Gasteiger partial charge on any atom is -0.465 e. The van der Waals surface area contributed by atoms with Gasteiger partial charge in [-0.1, -0.05) is 23.4 Å². The summed E-state index contributed by atoms with van der Waals surface area (Å²) >= 11 is 0. The van der Waals surface area contributed by atoms with E-state index in [1.807, 2.05) is 0 Å². The largest absolute Gasteiger partial charge is 0.465 e. The molecule has 14 heteroatoms. The summed E-state index contributed by atoms with van der Waals surface area (Å²) in [7, 11) is -2.16. The van der Waals surface area contributed by atoms with E-state index in [9.17, 15) is 31.5 Å². The molecule has 1 aromatic carbocycles. The fraction of sp³-hybridized carbons (Fsp3) is 0.300. The molecular formula is C20H21F3N6O4S. The van der Waals surface area contributed by atoms with Crippen molar-refractivity contribution >= 4 is 27.6 Å². The van der Waals surface area contributed by atoms with Gasteiger partial charge >= 0.3 is 12.3 Å². The average molecular weight is 498 g/mol. The van der Waals surface area contributed by atoms with E-state index in [4.69, 9.17) is 0 Å². The fourth-order valence-electron chi connectivity index (χ4n) is 3.49. The number of sulfonamides is 1. The summed E-state index contributed by atoms with van der Waals surface area (Å²) in [5, 5.41) is 17.8. The van der Waals surface area contributed by atoms with Gasteiger partial charge in [0, 0.05) is 7.05 Å². The number of rotatable bonds is 6. The lowest BCUT2D eigenvalue weighted by Crippen LogP contribution is -2.35. The summed E-state index contributed by atoms with van der Waals surface area (Å²) in [6, 6.07) is 6.27. The first-order valence-corrected chi connectivity index (χ1v) is 11.6. The Hall–Kier alpha value is -3.68. The van der Waals surface area contributed by atoms with Crippen LogP contribution in [0.25, 0.3) is 11.4 Å². The smallest absolute Gasteiger partial charge is 0.416 e. The first-order valence-electron chi connectivity index (χ1n) is 9.74. The summed E-state index contributed by atoms with van der Waals surface area (Å²) < 4.78 is 67.2. The maximum absolute atomic E-state index is 13.6. The van der Waals surface area contributed by atoms with E-state index in [0.717, 1.165) is 21.9 Å². The molecule has 2 N–H and O–H groups in total. The van der Waals surface area contributed by atoms with Crippen LogP contribution in [0.1, 0.15) is 29.8 Å². The lowest BCUT2D eigenvalue weighted by Gasteiger charge is -2.28. The molecule has 2 heterocycles. The second-order valence-corrected chi connectivity index (χ2v) is 9.25. The van der Waals surface area contributed by atoms with Crippen molar-refractivity contribution < 1.29 is 31.5 Å². The Bertz CT molecular complexity index is 1340. The zero-order valence-electron chi connectivity index (χ0n) is 18.5. The summed E-state index contributed by atoms with van der Waals surface area (Å²) in [5.41, 5.74) is -0.578. The standard InChI is InChI=1S/C20H21F3N6O4S/c1-11-15(26-34(4,32)33)9-10-16(24-11)17-18(28(3)27-25-17)29(19(30)31)12(2)13-7-5-6-8-14(13)20(21,22)23/h5-10,12,26H,1-4H3,(H,30,31)/t12-/m1/s1. The number of aryl methyl sites for hydroxylation is 2. The number of hydrogen-bond donors (Lipinski definition) is 2. The molecule has 0 aliphatic carbocycles. The Kier molecular flexibility index (Phi) is 6.55. The Morgan fingerprint density at radius 1 is 1.21 bits per heavy atom. The molecule has 0 bridgehead atoms. The van der Waals surface area contributed by atoms with Crippen LogP contribution in [0.4, 0.5) is 29.5 Å². The van der Waals surface area contributed by atoms with Crippen molar-refractivity contribution in [2.45, 2.75) is 26.1 Å². The van der Waals surface area contributed by atoms with Gasteiger partial charge in [0.05, 0.1) is 34.9 Å². The molecule has 34 heavy (non-hydrogen) atoms. The molecule has 2 aromatic heterocycles. The second-order valence-electron chi connectivity index (χ2n) is 7.50. The van der Waals surface area contributed by atoms with Gasteiger partial charge in [-0.05, 0) is 37.6 Å².